The summed E-state index contributed by atoms with van der Waals surface area (Å²) in [7, 11) is 3.22. The number of nitrogens with one attached hydrogen (secondary N) is 2. The molecule has 34 heavy (non-hydrogen) atoms. The van der Waals surface area contributed by atoms with E-state index in [1.165, 1.54) is 0 Å². The summed E-state index contributed by atoms with van der Waals surface area (Å²) in [6, 6.07) is 25.6. The molecule has 0 aliphatic heterocycles. The van der Waals surface area contributed by atoms with Crippen molar-refractivity contribution in [2.45, 2.75) is 6.42 Å². The number of ether oxygens (including phenoxy) is 2. The van der Waals surface area contributed by atoms with E-state index in [2.05, 4.69) is 16.4 Å². The number of aromatic nitrogens is 2. The van der Waals surface area contributed by atoms with E-state index in [0.717, 1.165) is 38.6 Å². The van der Waals surface area contributed by atoms with Crippen molar-refractivity contribution in [3.05, 3.63) is 90.1 Å². The molecule has 0 atom stereocenters. The van der Waals surface area contributed by atoms with Gasteiger partial charge in [0.05, 0.1) is 25.4 Å². The van der Waals surface area contributed by atoms with E-state index >= 15 is 0 Å². The number of aromatic amines is 1. The molecule has 0 aliphatic carbocycles. The Morgan fingerprint density at radius 1 is 0.882 bits per heavy atom. The maximum absolute atomic E-state index is 13.1. The van der Waals surface area contributed by atoms with Gasteiger partial charge >= 0.3 is 0 Å². The van der Waals surface area contributed by atoms with Crippen LogP contribution in [0.3, 0.4) is 0 Å². The van der Waals surface area contributed by atoms with E-state index in [1.54, 1.807) is 14.2 Å². The van der Waals surface area contributed by atoms with Crippen molar-refractivity contribution >= 4 is 27.7 Å². The van der Waals surface area contributed by atoms with Crippen LogP contribution in [0.4, 0.5) is 0 Å². The van der Waals surface area contributed by atoms with Crippen molar-refractivity contribution < 1.29 is 14.3 Å². The molecule has 6 heteroatoms. The molecule has 0 radical (unpaired) electrons. The Bertz CT molecular complexity index is 1480. The highest BCUT2D eigenvalue weighted by molar-refractivity contribution is 6.13. The molecule has 2 N–H and O–H groups in total. The monoisotopic (exact) mass is 451 g/mol. The molecule has 0 fully saturated rings. The zero-order valence-corrected chi connectivity index (χ0v) is 19.1. The van der Waals surface area contributed by atoms with Gasteiger partial charge in [-0.2, -0.15) is 0 Å². The molecule has 170 valence electrons. The lowest BCUT2D eigenvalue weighted by Gasteiger charge is -2.11. The first-order valence-corrected chi connectivity index (χ1v) is 11.1. The fourth-order valence-corrected chi connectivity index (χ4v) is 4.21. The fourth-order valence-electron chi connectivity index (χ4n) is 4.21. The quantitative estimate of drug-likeness (QED) is 0.349. The third-order valence-corrected chi connectivity index (χ3v) is 5.92. The van der Waals surface area contributed by atoms with E-state index in [0.29, 0.717) is 30.2 Å². The largest absolute Gasteiger partial charge is 0.493 e. The first kappa shape index (κ1) is 21.5. The zero-order chi connectivity index (χ0) is 23.5. The molecule has 2 aromatic heterocycles. The van der Waals surface area contributed by atoms with Gasteiger partial charge in [-0.05, 0) is 36.2 Å². The minimum Gasteiger partial charge on any atom is -0.493 e. The molecule has 5 aromatic rings. The standard InChI is InChI=1S/C28H25N3O3/c1-33-24-13-12-18(16-25(24)34-2)14-15-29-28(32)23-17-21-20-10-6-7-11-22(20)30-27(21)26(31-23)19-8-4-3-5-9-19/h3-13,16-17,30H,14-15H2,1-2H3,(H,29,32). The number of benzene rings is 3. The van der Waals surface area contributed by atoms with Crippen LogP contribution in [0.2, 0.25) is 0 Å². The number of methoxy groups -OCH3 is 2. The van der Waals surface area contributed by atoms with Crippen LogP contribution >= 0.6 is 0 Å². The number of carbonyl (C=O) groups excluding carboxylic acids is 1. The first-order chi connectivity index (χ1) is 16.7. The molecule has 0 unspecified atom stereocenters. The van der Waals surface area contributed by atoms with E-state index in [-0.39, 0.29) is 5.91 Å². The van der Waals surface area contributed by atoms with Gasteiger partial charge in [-0.15, -0.1) is 0 Å². The predicted octanol–water partition coefficient (Wildman–Crippen LogP) is 5.37. The number of fused-ring (bicyclic) bond motifs is 3. The molecule has 2 heterocycles. The molecule has 5 rings (SSSR count). The van der Waals surface area contributed by atoms with Gasteiger partial charge in [-0.3, -0.25) is 4.79 Å². The Morgan fingerprint density at radius 2 is 1.65 bits per heavy atom. The summed E-state index contributed by atoms with van der Waals surface area (Å²) in [5.74, 6) is 1.15. The number of rotatable bonds is 7. The fraction of sp³-hybridized carbons (Fsp3) is 0.143. The lowest BCUT2D eigenvalue weighted by atomic mass is 10.1. The maximum Gasteiger partial charge on any atom is 0.269 e. The predicted molar refractivity (Wildman–Crippen MR) is 135 cm³/mol. The van der Waals surface area contributed by atoms with Crippen LogP contribution in [0, 0.1) is 0 Å². The number of hydrogen-bond donors (Lipinski definition) is 2. The van der Waals surface area contributed by atoms with Crippen molar-refractivity contribution in [2.75, 3.05) is 20.8 Å². The van der Waals surface area contributed by atoms with E-state index in [4.69, 9.17) is 14.5 Å². The summed E-state index contributed by atoms with van der Waals surface area (Å²) >= 11 is 0. The Morgan fingerprint density at radius 3 is 2.44 bits per heavy atom. The smallest absolute Gasteiger partial charge is 0.269 e. The topological polar surface area (TPSA) is 76.2 Å². The summed E-state index contributed by atoms with van der Waals surface area (Å²) in [5.41, 5.74) is 5.10. The summed E-state index contributed by atoms with van der Waals surface area (Å²) in [4.78, 5) is 21.4. The average molecular weight is 452 g/mol. The van der Waals surface area contributed by atoms with E-state index < -0.39 is 0 Å². The molecule has 0 saturated carbocycles. The van der Waals surface area contributed by atoms with Crippen molar-refractivity contribution in [2.24, 2.45) is 0 Å². The minimum absolute atomic E-state index is 0.204. The number of nitrogens with zero attached hydrogens (tertiary/aromatic N) is 1. The molecule has 6 nitrogen and oxygen atoms in total. The Labute approximate surface area is 197 Å². The van der Waals surface area contributed by atoms with Gasteiger partial charge in [0.2, 0.25) is 0 Å². The molecule has 0 spiro atoms. The van der Waals surface area contributed by atoms with Crippen molar-refractivity contribution in [1.82, 2.24) is 15.3 Å². The number of carbonyl (C=O) groups is 1. The highest BCUT2D eigenvalue weighted by atomic mass is 16.5. The lowest BCUT2D eigenvalue weighted by Crippen LogP contribution is -2.26. The van der Waals surface area contributed by atoms with Crippen LogP contribution in [0.15, 0.2) is 78.9 Å². The summed E-state index contributed by atoms with van der Waals surface area (Å²) in [5, 5.41) is 5.06. The van der Waals surface area contributed by atoms with Gasteiger partial charge in [0.25, 0.3) is 5.91 Å². The van der Waals surface area contributed by atoms with Crippen molar-refractivity contribution in [1.29, 1.82) is 0 Å². The first-order valence-electron chi connectivity index (χ1n) is 11.1. The summed E-state index contributed by atoms with van der Waals surface area (Å²) in [6.07, 6.45) is 0.660. The molecule has 3 aromatic carbocycles. The number of amides is 1. The molecular formula is C28H25N3O3. The van der Waals surface area contributed by atoms with Gasteiger partial charge in [-0.25, -0.2) is 4.98 Å². The van der Waals surface area contributed by atoms with Crippen LogP contribution in [-0.2, 0) is 6.42 Å². The highest BCUT2D eigenvalue weighted by Gasteiger charge is 2.17. The number of hydrogen-bond acceptors (Lipinski definition) is 4. The van der Waals surface area contributed by atoms with Gasteiger partial charge in [-0.1, -0.05) is 54.6 Å². The number of para-hydroxylation sites is 1. The average Bonchev–Trinajstić information content (AvgIpc) is 3.27. The van der Waals surface area contributed by atoms with Crippen LogP contribution in [0.1, 0.15) is 16.1 Å². The Kier molecular flexibility index (Phi) is 5.87. The Balaban J connectivity index is 1.44. The number of H-pyrrole nitrogens is 1. The van der Waals surface area contributed by atoms with E-state index in [1.807, 2.05) is 72.8 Å². The minimum atomic E-state index is -0.204. The van der Waals surface area contributed by atoms with Gasteiger partial charge in [0, 0.05) is 28.4 Å². The van der Waals surface area contributed by atoms with Crippen LogP contribution in [-0.4, -0.2) is 36.6 Å². The van der Waals surface area contributed by atoms with Crippen LogP contribution in [0.5, 0.6) is 11.5 Å². The maximum atomic E-state index is 13.1. The van der Waals surface area contributed by atoms with Crippen LogP contribution in [0.25, 0.3) is 33.1 Å². The molecule has 0 aliphatic rings. The third-order valence-electron chi connectivity index (χ3n) is 5.92. The summed E-state index contributed by atoms with van der Waals surface area (Å²) < 4.78 is 10.7. The van der Waals surface area contributed by atoms with Gasteiger partial charge in [0.15, 0.2) is 11.5 Å². The second-order valence-corrected chi connectivity index (χ2v) is 8.01. The molecule has 0 saturated heterocycles. The normalized spacial score (nSPS) is 11.0. The third kappa shape index (κ3) is 4.06. The van der Waals surface area contributed by atoms with Crippen molar-refractivity contribution in [3.63, 3.8) is 0 Å². The lowest BCUT2D eigenvalue weighted by molar-refractivity contribution is 0.0949. The zero-order valence-electron chi connectivity index (χ0n) is 19.1. The van der Waals surface area contributed by atoms with Crippen molar-refractivity contribution in [3.8, 4) is 22.8 Å². The number of pyridine rings is 1. The van der Waals surface area contributed by atoms with Gasteiger partial charge in [0.1, 0.15) is 5.69 Å². The Hall–Kier alpha value is -4.32. The van der Waals surface area contributed by atoms with E-state index in [9.17, 15) is 4.79 Å². The highest BCUT2D eigenvalue weighted by Crippen LogP contribution is 2.32. The summed E-state index contributed by atoms with van der Waals surface area (Å²) in [6.45, 7) is 0.475. The SMILES string of the molecule is COc1ccc(CCNC(=O)c2cc3c([nH]c4ccccc43)c(-c3ccccc3)n2)cc1OC. The molecular weight excluding hydrogens is 426 g/mol. The molecule has 1 amide bonds. The molecule has 0 bridgehead atoms. The van der Waals surface area contributed by atoms with Crippen LogP contribution < -0.4 is 14.8 Å². The van der Waals surface area contributed by atoms with Gasteiger partial charge < -0.3 is 19.8 Å². The second-order valence-electron chi connectivity index (χ2n) is 8.01. The second kappa shape index (κ2) is 9.27.